The van der Waals surface area contributed by atoms with E-state index in [0.717, 1.165) is 42.5 Å². The highest BCUT2D eigenvalue weighted by molar-refractivity contribution is 5.98. The van der Waals surface area contributed by atoms with Crippen molar-refractivity contribution in [2.75, 3.05) is 26.7 Å². The summed E-state index contributed by atoms with van der Waals surface area (Å²) in [6.07, 6.45) is 2.67. The maximum Gasteiger partial charge on any atom is 0.270 e. The lowest BCUT2D eigenvalue weighted by Gasteiger charge is -2.34. The third kappa shape index (κ3) is 4.26. The first kappa shape index (κ1) is 19.3. The van der Waals surface area contributed by atoms with Crippen LogP contribution in [0.4, 0.5) is 0 Å². The number of rotatable bonds is 6. The molecule has 0 aliphatic carbocycles. The van der Waals surface area contributed by atoms with Gasteiger partial charge in [0, 0.05) is 42.5 Å². The van der Waals surface area contributed by atoms with Crippen LogP contribution in [0.15, 0.2) is 24.3 Å². The van der Waals surface area contributed by atoms with Crippen LogP contribution >= 0.6 is 0 Å². The van der Waals surface area contributed by atoms with Crippen LogP contribution in [0.1, 0.15) is 43.6 Å². The largest absolute Gasteiger partial charge is 0.497 e. The Hall–Kier alpha value is -2.50. The average molecular weight is 371 g/mol. The van der Waals surface area contributed by atoms with Gasteiger partial charge in [-0.05, 0) is 43.4 Å². The first-order chi connectivity index (χ1) is 13.0. The van der Waals surface area contributed by atoms with Gasteiger partial charge in [-0.2, -0.15) is 0 Å². The molecule has 146 valence electrons. The van der Waals surface area contributed by atoms with Gasteiger partial charge in [-0.25, -0.2) is 0 Å². The van der Waals surface area contributed by atoms with Crippen LogP contribution in [0.5, 0.6) is 5.75 Å². The van der Waals surface area contributed by atoms with Crippen molar-refractivity contribution in [3.63, 3.8) is 0 Å². The van der Waals surface area contributed by atoms with Gasteiger partial charge < -0.3 is 19.9 Å². The van der Waals surface area contributed by atoms with Crippen LogP contribution in [-0.4, -0.2) is 48.4 Å². The Labute approximate surface area is 160 Å². The zero-order valence-corrected chi connectivity index (χ0v) is 16.4. The number of nitrogens with one attached hydrogen (secondary N) is 2. The molecule has 2 N–H and O–H groups in total. The lowest BCUT2D eigenvalue weighted by Crippen LogP contribution is -2.42. The van der Waals surface area contributed by atoms with Crippen molar-refractivity contribution in [2.45, 2.75) is 33.1 Å². The molecule has 27 heavy (non-hydrogen) atoms. The average Bonchev–Trinajstić information content (AvgIpc) is 3.14. The predicted molar refractivity (Wildman–Crippen MR) is 106 cm³/mol. The molecule has 2 aromatic rings. The number of carbonyl (C=O) groups excluding carboxylic acids is 2. The summed E-state index contributed by atoms with van der Waals surface area (Å²) in [4.78, 5) is 30.1. The van der Waals surface area contributed by atoms with Gasteiger partial charge in [0.15, 0.2) is 0 Å². The number of benzene rings is 1. The third-order valence-corrected chi connectivity index (χ3v) is 5.56. The second-order valence-electron chi connectivity index (χ2n) is 7.35. The van der Waals surface area contributed by atoms with Gasteiger partial charge in [0.05, 0.1) is 7.11 Å². The van der Waals surface area contributed by atoms with E-state index in [1.165, 1.54) is 0 Å². The molecule has 0 unspecified atom stereocenters. The number of aromatic nitrogens is 1. The van der Waals surface area contributed by atoms with E-state index in [1.807, 2.05) is 36.1 Å². The molecule has 2 amide bonds. The molecular weight excluding hydrogens is 342 g/mol. The molecule has 1 saturated heterocycles. The molecule has 6 nitrogen and oxygen atoms in total. The van der Waals surface area contributed by atoms with E-state index < -0.39 is 0 Å². The molecule has 3 rings (SSSR count). The van der Waals surface area contributed by atoms with E-state index >= 15 is 0 Å². The highest BCUT2D eigenvalue weighted by Crippen LogP contribution is 2.27. The number of aromatic amines is 1. The second-order valence-corrected chi connectivity index (χ2v) is 7.35. The highest BCUT2D eigenvalue weighted by Gasteiger charge is 2.30. The van der Waals surface area contributed by atoms with E-state index in [-0.39, 0.29) is 17.7 Å². The summed E-state index contributed by atoms with van der Waals surface area (Å²) in [6.45, 7) is 6.15. The summed E-state index contributed by atoms with van der Waals surface area (Å²) in [5.41, 5.74) is 1.50. The fourth-order valence-corrected chi connectivity index (χ4v) is 3.74. The molecule has 2 heterocycles. The number of ether oxygens (including phenoxy) is 1. The van der Waals surface area contributed by atoms with Gasteiger partial charge in [-0.15, -0.1) is 0 Å². The molecule has 0 spiro atoms. The van der Waals surface area contributed by atoms with Crippen LogP contribution in [0.3, 0.4) is 0 Å². The van der Waals surface area contributed by atoms with Gasteiger partial charge in [0.1, 0.15) is 11.4 Å². The third-order valence-electron chi connectivity index (χ3n) is 5.56. The van der Waals surface area contributed by atoms with Crippen LogP contribution in [0.25, 0.3) is 10.9 Å². The minimum Gasteiger partial charge on any atom is -0.497 e. The van der Waals surface area contributed by atoms with Crippen molar-refractivity contribution in [1.29, 1.82) is 0 Å². The van der Waals surface area contributed by atoms with Crippen LogP contribution in [0.2, 0.25) is 0 Å². The zero-order chi connectivity index (χ0) is 19.4. The molecule has 1 aliphatic rings. The van der Waals surface area contributed by atoms with Crippen molar-refractivity contribution >= 4 is 22.7 Å². The number of methoxy groups -OCH3 is 1. The monoisotopic (exact) mass is 371 g/mol. The predicted octanol–water partition coefficient (Wildman–Crippen LogP) is 3.19. The maximum absolute atomic E-state index is 12.9. The summed E-state index contributed by atoms with van der Waals surface area (Å²) in [5, 5.41) is 3.97. The number of carbonyl (C=O) groups is 2. The Morgan fingerprint density at radius 2 is 2.04 bits per heavy atom. The SMILES string of the molecule is CCCNC(=O)[C@H](C)C1CCN(C(=O)c2cc3ccc(OC)cc3[nH]2)CC1. The molecule has 1 atom stereocenters. The lowest BCUT2D eigenvalue weighted by molar-refractivity contribution is -0.126. The molecule has 0 bridgehead atoms. The molecule has 1 aliphatic heterocycles. The Bertz CT molecular complexity index is 806. The quantitative estimate of drug-likeness (QED) is 0.819. The fraction of sp³-hybridized carbons (Fsp3) is 0.524. The van der Waals surface area contributed by atoms with Crippen LogP contribution in [0, 0.1) is 11.8 Å². The van der Waals surface area contributed by atoms with Gasteiger partial charge >= 0.3 is 0 Å². The van der Waals surface area contributed by atoms with E-state index in [0.29, 0.717) is 24.7 Å². The van der Waals surface area contributed by atoms with E-state index in [4.69, 9.17) is 4.74 Å². The first-order valence-corrected chi connectivity index (χ1v) is 9.77. The van der Waals surface area contributed by atoms with Gasteiger partial charge in [-0.3, -0.25) is 9.59 Å². The number of hydrogen-bond acceptors (Lipinski definition) is 3. The highest BCUT2D eigenvalue weighted by atomic mass is 16.5. The van der Waals surface area contributed by atoms with Crippen LogP contribution in [-0.2, 0) is 4.79 Å². The second kappa shape index (κ2) is 8.46. The number of nitrogens with zero attached hydrogens (tertiary/aromatic N) is 1. The normalized spacial score (nSPS) is 16.3. The summed E-state index contributed by atoms with van der Waals surface area (Å²) >= 11 is 0. The smallest absolute Gasteiger partial charge is 0.270 e. The minimum absolute atomic E-state index is 0.00524. The van der Waals surface area contributed by atoms with Crippen molar-refractivity contribution in [3.8, 4) is 5.75 Å². The molecule has 1 aromatic carbocycles. The summed E-state index contributed by atoms with van der Waals surface area (Å²) in [6, 6.07) is 7.63. The molecule has 6 heteroatoms. The number of hydrogen-bond donors (Lipinski definition) is 2. The number of fused-ring (bicyclic) bond motifs is 1. The molecule has 0 saturated carbocycles. The van der Waals surface area contributed by atoms with Crippen molar-refractivity contribution < 1.29 is 14.3 Å². The topological polar surface area (TPSA) is 74.4 Å². The van der Waals surface area contributed by atoms with Crippen LogP contribution < -0.4 is 10.1 Å². The standard InChI is InChI=1S/C21H29N3O3/c1-4-9-22-20(25)14(2)15-7-10-24(11-8-15)21(26)19-12-16-5-6-17(27-3)13-18(16)23-19/h5-6,12-15,23H,4,7-11H2,1-3H3,(H,22,25)/t14-/m1/s1. The Morgan fingerprint density at radius 1 is 1.30 bits per heavy atom. The Kier molecular flexibility index (Phi) is 6.04. The first-order valence-electron chi connectivity index (χ1n) is 9.77. The van der Waals surface area contributed by atoms with E-state index in [1.54, 1.807) is 7.11 Å². The lowest BCUT2D eigenvalue weighted by atomic mass is 9.84. The number of piperidine rings is 1. The molecule has 1 aromatic heterocycles. The van der Waals surface area contributed by atoms with Crippen molar-refractivity contribution in [2.24, 2.45) is 11.8 Å². The molecule has 0 radical (unpaired) electrons. The number of H-pyrrole nitrogens is 1. The van der Waals surface area contributed by atoms with Gasteiger partial charge in [-0.1, -0.05) is 13.8 Å². The summed E-state index contributed by atoms with van der Waals surface area (Å²) in [5.74, 6) is 1.24. The van der Waals surface area contributed by atoms with Gasteiger partial charge in [0.25, 0.3) is 5.91 Å². The zero-order valence-electron chi connectivity index (χ0n) is 16.4. The molecular formula is C21H29N3O3. The van der Waals surface area contributed by atoms with E-state index in [2.05, 4.69) is 17.2 Å². The Balaban J connectivity index is 1.60. The number of likely N-dealkylation sites (tertiary alicyclic amines) is 1. The summed E-state index contributed by atoms with van der Waals surface area (Å²) in [7, 11) is 1.63. The van der Waals surface area contributed by atoms with Gasteiger partial charge in [0.2, 0.25) is 5.91 Å². The Morgan fingerprint density at radius 3 is 2.70 bits per heavy atom. The maximum atomic E-state index is 12.9. The summed E-state index contributed by atoms with van der Waals surface area (Å²) < 4.78 is 5.24. The number of amides is 2. The van der Waals surface area contributed by atoms with Crippen molar-refractivity contribution in [1.82, 2.24) is 15.2 Å². The minimum atomic E-state index is -0.00524. The fourth-order valence-electron chi connectivity index (χ4n) is 3.74. The molecule has 1 fully saturated rings. The van der Waals surface area contributed by atoms with E-state index in [9.17, 15) is 9.59 Å². The van der Waals surface area contributed by atoms with Crippen molar-refractivity contribution in [3.05, 3.63) is 30.0 Å².